The number of nitrogens with one attached hydrogen (secondary N) is 2. The van der Waals surface area contributed by atoms with Crippen molar-refractivity contribution in [2.75, 3.05) is 17.6 Å². The summed E-state index contributed by atoms with van der Waals surface area (Å²) < 4.78 is 2.67. The van der Waals surface area contributed by atoms with Crippen LogP contribution in [0.3, 0.4) is 0 Å². The first-order chi connectivity index (χ1) is 9.22. The van der Waals surface area contributed by atoms with Gasteiger partial charge in [-0.1, -0.05) is 12.1 Å². The molecular formula is C13H16N4OS. The second kappa shape index (κ2) is 6.40. The molecule has 0 atom stereocenters. The lowest BCUT2D eigenvalue weighted by Crippen LogP contribution is -2.24. The van der Waals surface area contributed by atoms with Crippen LogP contribution in [0, 0.1) is 6.92 Å². The highest BCUT2D eigenvalue weighted by Crippen LogP contribution is 2.23. The van der Waals surface area contributed by atoms with Gasteiger partial charge in [0.15, 0.2) is 0 Å². The van der Waals surface area contributed by atoms with Crippen LogP contribution in [0.1, 0.15) is 5.56 Å². The monoisotopic (exact) mass is 276 g/mol. The van der Waals surface area contributed by atoms with Gasteiger partial charge in [-0.25, -0.2) is 4.79 Å². The normalized spacial score (nSPS) is 10.4. The van der Waals surface area contributed by atoms with E-state index < -0.39 is 0 Å². The molecule has 5 nitrogen and oxygen atoms in total. The average Bonchev–Trinajstić information content (AvgIpc) is 2.43. The first-order valence-electron chi connectivity index (χ1n) is 5.95. The van der Waals surface area contributed by atoms with Crippen LogP contribution >= 0.6 is 11.9 Å². The SMILES string of the molecule is Cc1c(NC(=O)NSCCN)ccc2cccnc12. The van der Waals surface area contributed by atoms with E-state index in [2.05, 4.69) is 15.0 Å². The molecule has 0 saturated heterocycles. The Kier molecular flexibility index (Phi) is 4.59. The molecule has 2 amide bonds. The molecule has 1 aromatic heterocycles. The molecule has 2 rings (SSSR count). The van der Waals surface area contributed by atoms with Crippen molar-refractivity contribution in [1.82, 2.24) is 9.71 Å². The van der Waals surface area contributed by atoms with Crippen molar-refractivity contribution in [1.29, 1.82) is 0 Å². The first-order valence-corrected chi connectivity index (χ1v) is 6.94. The fourth-order valence-electron chi connectivity index (χ4n) is 1.75. The van der Waals surface area contributed by atoms with E-state index in [9.17, 15) is 4.79 Å². The van der Waals surface area contributed by atoms with Crippen molar-refractivity contribution in [3.8, 4) is 0 Å². The molecule has 0 aliphatic rings. The zero-order valence-electron chi connectivity index (χ0n) is 10.6. The summed E-state index contributed by atoms with van der Waals surface area (Å²) in [6.07, 6.45) is 1.75. The van der Waals surface area contributed by atoms with Crippen LogP contribution < -0.4 is 15.8 Å². The summed E-state index contributed by atoms with van der Waals surface area (Å²) in [6, 6.07) is 7.46. The smallest absolute Gasteiger partial charge is 0.329 e. The second-order valence-electron chi connectivity index (χ2n) is 4.01. The Balaban J connectivity index is 2.12. The van der Waals surface area contributed by atoms with Gasteiger partial charge in [-0.3, -0.25) is 9.71 Å². The molecule has 0 aliphatic carbocycles. The van der Waals surface area contributed by atoms with E-state index in [-0.39, 0.29) is 6.03 Å². The van der Waals surface area contributed by atoms with Gasteiger partial charge in [0.05, 0.1) is 5.52 Å². The minimum Gasteiger partial charge on any atom is -0.330 e. The van der Waals surface area contributed by atoms with Gasteiger partial charge in [0.25, 0.3) is 0 Å². The molecule has 0 spiro atoms. The van der Waals surface area contributed by atoms with E-state index in [1.807, 2.05) is 31.2 Å². The van der Waals surface area contributed by atoms with E-state index >= 15 is 0 Å². The van der Waals surface area contributed by atoms with Crippen molar-refractivity contribution < 1.29 is 4.79 Å². The maximum Gasteiger partial charge on any atom is 0.329 e. The molecule has 0 radical (unpaired) electrons. The van der Waals surface area contributed by atoms with E-state index in [0.717, 1.165) is 22.2 Å². The summed E-state index contributed by atoms with van der Waals surface area (Å²) >= 11 is 1.29. The highest BCUT2D eigenvalue weighted by Gasteiger charge is 2.07. The molecule has 19 heavy (non-hydrogen) atoms. The van der Waals surface area contributed by atoms with Gasteiger partial charge >= 0.3 is 6.03 Å². The van der Waals surface area contributed by atoms with Crippen LogP contribution in [-0.4, -0.2) is 23.3 Å². The number of nitrogens with two attached hydrogens (primary N) is 1. The van der Waals surface area contributed by atoms with Crippen LogP contribution in [-0.2, 0) is 0 Å². The Morgan fingerprint density at radius 1 is 1.42 bits per heavy atom. The van der Waals surface area contributed by atoms with Gasteiger partial charge in [-0.15, -0.1) is 0 Å². The topological polar surface area (TPSA) is 80.0 Å². The average molecular weight is 276 g/mol. The summed E-state index contributed by atoms with van der Waals surface area (Å²) in [5.41, 5.74) is 7.97. The van der Waals surface area contributed by atoms with Gasteiger partial charge in [0.2, 0.25) is 0 Å². The zero-order chi connectivity index (χ0) is 13.7. The van der Waals surface area contributed by atoms with Gasteiger partial charge in [-0.2, -0.15) is 0 Å². The molecule has 0 aliphatic heterocycles. The molecular weight excluding hydrogens is 260 g/mol. The third-order valence-electron chi connectivity index (χ3n) is 2.66. The summed E-state index contributed by atoms with van der Waals surface area (Å²) in [5, 5.41) is 3.87. The fourth-order valence-corrected chi connectivity index (χ4v) is 2.15. The number of hydrogen-bond acceptors (Lipinski definition) is 4. The number of aryl methyl sites for hydroxylation is 1. The third kappa shape index (κ3) is 3.36. The summed E-state index contributed by atoms with van der Waals surface area (Å²) in [7, 11) is 0. The molecule has 0 saturated carbocycles. The van der Waals surface area contributed by atoms with E-state index in [0.29, 0.717) is 12.3 Å². The van der Waals surface area contributed by atoms with E-state index in [1.54, 1.807) is 6.20 Å². The van der Waals surface area contributed by atoms with Crippen LogP contribution in [0.5, 0.6) is 0 Å². The minimum absolute atomic E-state index is 0.253. The minimum atomic E-state index is -0.253. The lowest BCUT2D eigenvalue weighted by molar-refractivity contribution is 0.257. The molecule has 4 N–H and O–H groups in total. The Hall–Kier alpha value is -1.79. The van der Waals surface area contributed by atoms with Crippen molar-refractivity contribution in [2.45, 2.75) is 6.92 Å². The third-order valence-corrected chi connectivity index (χ3v) is 3.43. The number of pyridine rings is 1. The van der Waals surface area contributed by atoms with Crippen LogP contribution in [0.2, 0.25) is 0 Å². The number of fused-ring (bicyclic) bond motifs is 1. The number of aromatic nitrogens is 1. The van der Waals surface area contributed by atoms with E-state index in [1.165, 1.54) is 11.9 Å². The summed E-state index contributed by atoms with van der Waals surface area (Å²) in [4.78, 5) is 16.0. The lowest BCUT2D eigenvalue weighted by atomic mass is 10.1. The Morgan fingerprint density at radius 2 is 2.26 bits per heavy atom. The quantitative estimate of drug-likeness (QED) is 0.591. The molecule has 0 fully saturated rings. The van der Waals surface area contributed by atoms with Crippen molar-refractivity contribution in [3.63, 3.8) is 0 Å². The number of urea groups is 1. The Bertz CT molecular complexity index is 588. The number of amides is 2. The van der Waals surface area contributed by atoms with Crippen LogP contribution in [0.15, 0.2) is 30.5 Å². The number of hydrogen-bond donors (Lipinski definition) is 3. The standard InChI is InChI=1S/C13H16N4OS/c1-9-11(16-13(18)17-19-8-6-14)5-4-10-3-2-7-15-12(9)10/h2-5,7H,6,8,14H2,1H3,(H2,16,17,18). The predicted molar refractivity (Wildman–Crippen MR) is 80.1 cm³/mol. The molecule has 2 aromatic rings. The predicted octanol–water partition coefficient (Wildman–Crippen LogP) is 2.27. The summed E-state index contributed by atoms with van der Waals surface area (Å²) in [5.74, 6) is 0.686. The number of carbonyl (C=O) groups excluding carboxylic acids is 1. The number of nitrogens with zero attached hydrogens (tertiary/aromatic N) is 1. The molecule has 100 valence electrons. The number of rotatable bonds is 4. The Labute approximate surface area is 116 Å². The van der Waals surface area contributed by atoms with Gasteiger partial charge in [0.1, 0.15) is 0 Å². The first kappa shape index (κ1) is 13.6. The van der Waals surface area contributed by atoms with Gasteiger partial charge in [0, 0.05) is 29.6 Å². The number of carbonyl (C=O) groups is 1. The van der Waals surface area contributed by atoms with Gasteiger partial charge in [-0.05, 0) is 36.6 Å². The Morgan fingerprint density at radius 3 is 3.05 bits per heavy atom. The second-order valence-corrected chi connectivity index (χ2v) is 4.91. The van der Waals surface area contributed by atoms with Crippen molar-refractivity contribution >= 4 is 34.6 Å². The highest BCUT2D eigenvalue weighted by atomic mass is 32.2. The molecule has 0 unspecified atom stereocenters. The molecule has 1 heterocycles. The lowest BCUT2D eigenvalue weighted by Gasteiger charge is -2.10. The summed E-state index contributed by atoms with van der Waals surface area (Å²) in [6.45, 7) is 2.47. The highest BCUT2D eigenvalue weighted by molar-refractivity contribution is 7.97. The maximum absolute atomic E-state index is 11.7. The van der Waals surface area contributed by atoms with Crippen LogP contribution in [0.4, 0.5) is 10.5 Å². The zero-order valence-corrected chi connectivity index (χ0v) is 11.5. The van der Waals surface area contributed by atoms with E-state index in [4.69, 9.17) is 5.73 Å². The number of benzene rings is 1. The van der Waals surface area contributed by atoms with Crippen molar-refractivity contribution in [3.05, 3.63) is 36.0 Å². The maximum atomic E-state index is 11.7. The fraction of sp³-hybridized carbons (Fsp3) is 0.231. The van der Waals surface area contributed by atoms with Crippen molar-refractivity contribution in [2.24, 2.45) is 5.73 Å². The molecule has 0 bridgehead atoms. The molecule has 6 heteroatoms. The number of anilines is 1. The molecule has 1 aromatic carbocycles. The largest absolute Gasteiger partial charge is 0.330 e. The van der Waals surface area contributed by atoms with Gasteiger partial charge < -0.3 is 11.1 Å². The van der Waals surface area contributed by atoms with Crippen LogP contribution in [0.25, 0.3) is 10.9 Å².